The first kappa shape index (κ1) is 13.1. The second kappa shape index (κ2) is 3.72. The van der Waals surface area contributed by atoms with Gasteiger partial charge in [0, 0.05) is 0 Å². The second-order valence-corrected chi connectivity index (χ2v) is 4.68. The molecule has 64 valence electrons. The third kappa shape index (κ3) is 11.3. The molecule has 0 heterocycles. The Morgan fingerprint density at radius 3 is 1.10 bits per heavy atom. The van der Waals surface area contributed by atoms with Gasteiger partial charge in [0.05, 0.1) is 0 Å². The molecule has 0 saturated carbocycles. The van der Waals surface area contributed by atoms with Gasteiger partial charge in [0.1, 0.15) is 0 Å². The van der Waals surface area contributed by atoms with Crippen LogP contribution in [-0.4, -0.2) is 8.32 Å². The van der Waals surface area contributed by atoms with Crippen molar-refractivity contribution in [1.82, 2.24) is 0 Å². The third-order valence-corrected chi connectivity index (χ3v) is 2.92. The van der Waals surface area contributed by atoms with E-state index < -0.39 is 27.2 Å². The molecule has 7 nitrogen and oxygen atoms in total. The summed E-state index contributed by atoms with van der Waals surface area (Å²) in [5.41, 5.74) is 0. The van der Waals surface area contributed by atoms with Gasteiger partial charge in [-0.05, 0) is 0 Å². The quantitative estimate of drug-likeness (QED) is 0.632. The summed E-state index contributed by atoms with van der Waals surface area (Å²) in [4.78, 5) is 0. The van der Waals surface area contributed by atoms with E-state index in [1.54, 1.807) is 0 Å². The summed E-state index contributed by atoms with van der Waals surface area (Å²) in [5.74, 6) is 0. The van der Waals surface area contributed by atoms with Crippen LogP contribution in [-0.2, 0) is 45.3 Å². The van der Waals surface area contributed by atoms with Crippen LogP contribution in [0.2, 0.25) is 0 Å². The van der Waals surface area contributed by atoms with Gasteiger partial charge in [-0.15, -0.1) is 12.4 Å². The van der Waals surface area contributed by atoms with Crippen molar-refractivity contribution in [3.63, 3.8) is 0 Å². The molecule has 0 aromatic rings. The Morgan fingerprint density at radius 1 is 0.900 bits per heavy atom. The monoisotopic (exact) mass is 254 g/mol. The van der Waals surface area contributed by atoms with E-state index in [9.17, 15) is 15.2 Å². The van der Waals surface area contributed by atoms with Gasteiger partial charge in [-0.1, -0.05) is 0 Å². The molecule has 2 N–H and O–H groups in total. The van der Waals surface area contributed by atoms with Crippen molar-refractivity contribution in [2.24, 2.45) is 0 Å². The van der Waals surface area contributed by atoms with Gasteiger partial charge in [-0.25, -0.2) is 0 Å². The Morgan fingerprint density at radius 2 is 1.10 bits per heavy atom. The zero-order valence-corrected chi connectivity index (χ0v) is 7.53. The topological polar surface area (TPSA) is 118 Å². The molecule has 0 fully saturated rings. The molecule has 0 aliphatic rings. The predicted molar refractivity (Wildman–Crippen MR) is 15.5 cm³/mol. The van der Waals surface area contributed by atoms with E-state index in [1.807, 2.05) is 0 Å². The molecule has 0 aromatic heterocycles. The van der Waals surface area contributed by atoms with Crippen LogP contribution in [0.4, 0.5) is 0 Å². The third-order valence-electron chi connectivity index (χ3n) is 0.172. The minimum atomic E-state index is -5.76. The van der Waals surface area contributed by atoms with Crippen molar-refractivity contribution < 1.29 is 53.6 Å². The van der Waals surface area contributed by atoms with Gasteiger partial charge < -0.3 is 0 Å². The molecule has 0 aliphatic carbocycles. The molecule has 0 aliphatic heterocycles. The summed E-state index contributed by atoms with van der Waals surface area (Å²) in [6.45, 7) is 0. The first-order valence-corrected chi connectivity index (χ1v) is 5.63. The average Bonchev–Trinajstić information content (AvgIpc) is 1.14. The zero-order valence-electron chi connectivity index (χ0n) is 4.16. The van der Waals surface area contributed by atoms with E-state index in [-0.39, 0.29) is 12.4 Å². The molecule has 10 heteroatoms. The van der Waals surface area contributed by atoms with Crippen LogP contribution >= 0.6 is 12.4 Å². The van der Waals surface area contributed by atoms with Crippen molar-refractivity contribution in [2.45, 2.75) is 0 Å². The maximum atomic E-state index is 9.53. The Kier molecular flexibility index (Phi) is 4.86. The minimum absolute atomic E-state index is 0. The van der Waals surface area contributed by atoms with Crippen LogP contribution in [0.5, 0.6) is 0 Å². The fourth-order valence-electron chi connectivity index (χ4n) is 0.109. The maximum absolute atomic E-state index is 9.53. The van der Waals surface area contributed by atoms with Gasteiger partial charge in [-0.3, -0.25) is 0 Å². The van der Waals surface area contributed by atoms with Crippen LogP contribution in [0.15, 0.2) is 0 Å². The van der Waals surface area contributed by atoms with E-state index >= 15 is 0 Å². The molecule has 0 saturated heterocycles. The molecule has 0 radical (unpaired) electrons. The first-order chi connectivity index (χ1) is 3.71. The van der Waals surface area contributed by atoms with Crippen molar-refractivity contribution >= 4 is 12.4 Å². The van der Waals surface area contributed by atoms with Crippen molar-refractivity contribution in [3.8, 4) is 0 Å². The molecule has 0 spiro atoms. The number of halogens is 1. The first-order valence-electron chi connectivity index (χ1n) is 1.37. The summed E-state index contributed by atoms with van der Waals surface area (Å²) in [6, 6.07) is 0. The second-order valence-electron chi connectivity index (χ2n) is 0.924. The molecule has 0 bridgehead atoms. The van der Waals surface area contributed by atoms with Crippen LogP contribution in [0.25, 0.3) is 0 Å². The van der Waals surface area contributed by atoms with Gasteiger partial charge in [0.2, 0.25) is 0 Å². The molecule has 0 aromatic carbocycles. The van der Waals surface area contributed by atoms with Crippen molar-refractivity contribution in [3.05, 3.63) is 0 Å². The molecular formula is H3ClCr2O7. The summed E-state index contributed by atoms with van der Waals surface area (Å²) < 4.78 is 56.3. The molecule has 0 atom stereocenters. The Bertz CT molecular complexity index is 237. The van der Waals surface area contributed by atoms with Crippen LogP contribution < -0.4 is 0 Å². The van der Waals surface area contributed by atoms with E-state index in [2.05, 4.69) is 2.84 Å². The van der Waals surface area contributed by atoms with Crippen molar-refractivity contribution in [1.29, 1.82) is 0 Å². The Balaban J connectivity index is 0. The SMILES string of the molecule is Cl.[O]=[Cr](=[O])([OH])[O][Cr](=[O])(=[O])[OH]. The molecular weight excluding hydrogens is 251 g/mol. The molecule has 0 unspecified atom stereocenters. The number of rotatable bonds is 2. The molecule has 0 rings (SSSR count). The van der Waals surface area contributed by atoms with Gasteiger partial charge in [0.15, 0.2) is 0 Å². The van der Waals surface area contributed by atoms with Gasteiger partial charge in [0.25, 0.3) is 0 Å². The Labute approximate surface area is 66.2 Å². The van der Waals surface area contributed by atoms with E-state index in [1.165, 1.54) is 0 Å². The predicted octanol–water partition coefficient (Wildman–Crippen LogP) is -1.24. The van der Waals surface area contributed by atoms with Gasteiger partial charge >= 0.3 is 53.6 Å². The zero-order chi connectivity index (χ0) is 7.71. The van der Waals surface area contributed by atoms with Crippen LogP contribution in [0.1, 0.15) is 0 Å². The number of hydrogen-bond acceptors (Lipinski definition) is 5. The van der Waals surface area contributed by atoms with Crippen LogP contribution in [0, 0.1) is 0 Å². The van der Waals surface area contributed by atoms with Gasteiger partial charge in [-0.2, -0.15) is 0 Å². The average molecular weight is 254 g/mol. The fourth-order valence-corrected chi connectivity index (χ4v) is 1.85. The standard InChI is InChI=1S/ClH.2Cr.2H2O.5O/h1H;;;2*1H2;;;;;/q;2*+1;;;;;;;/p-2. The Hall–Kier alpha value is 0.435. The molecule has 0 amide bonds. The summed E-state index contributed by atoms with van der Waals surface area (Å²) in [7, 11) is 0. The van der Waals surface area contributed by atoms with Crippen molar-refractivity contribution in [2.75, 3.05) is 0 Å². The van der Waals surface area contributed by atoms with Crippen LogP contribution in [0.3, 0.4) is 0 Å². The molecule has 10 heavy (non-hydrogen) atoms. The van der Waals surface area contributed by atoms with E-state index in [4.69, 9.17) is 8.32 Å². The summed E-state index contributed by atoms with van der Waals surface area (Å²) in [5, 5.41) is 0. The van der Waals surface area contributed by atoms with E-state index in [0.717, 1.165) is 0 Å². The van der Waals surface area contributed by atoms with E-state index in [0.29, 0.717) is 0 Å². The fraction of sp³-hybridized carbons (Fsp3) is 0. The normalized spacial score (nSPS) is 12.2. The summed E-state index contributed by atoms with van der Waals surface area (Å²) >= 11 is -11.5. The summed E-state index contributed by atoms with van der Waals surface area (Å²) in [6.07, 6.45) is 0. The number of hydrogen-bond donors (Lipinski definition) is 2.